The van der Waals surface area contributed by atoms with Crippen LogP contribution in [0.5, 0.6) is 0 Å². The number of amides is 1. The van der Waals surface area contributed by atoms with Crippen molar-refractivity contribution in [1.29, 1.82) is 0 Å². The molecule has 0 saturated carbocycles. The number of hydrogen-bond acceptors (Lipinski definition) is 5. The molecule has 0 spiro atoms. The van der Waals surface area contributed by atoms with Gasteiger partial charge in [-0.2, -0.15) is 10.1 Å². The summed E-state index contributed by atoms with van der Waals surface area (Å²) in [6.07, 6.45) is 2.30. The molecule has 2 aromatic heterocycles. The molecular formula is C19H21N5O3. The summed E-state index contributed by atoms with van der Waals surface area (Å²) in [7, 11) is 0. The highest BCUT2D eigenvalue weighted by atomic mass is 16.4. The fourth-order valence-electron chi connectivity index (χ4n) is 3.07. The number of carbonyl (C=O) groups is 2. The molecule has 0 bridgehead atoms. The number of hydrogen-bond donors (Lipinski definition) is 2. The normalized spacial score (nSPS) is 12.1. The second kappa shape index (κ2) is 7.94. The van der Waals surface area contributed by atoms with Crippen LogP contribution < -0.4 is 5.32 Å². The largest absolute Gasteiger partial charge is 0.480 e. The van der Waals surface area contributed by atoms with Crippen molar-refractivity contribution >= 4 is 17.7 Å². The molecule has 2 N–H and O–H groups in total. The van der Waals surface area contributed by atoms with Gasteiger partial charge < -0.3 is 10.4 Å². The van der Waals surface area contributed by atoms with Gasteiger partial charge in [-0.05, 0) is 31.4 Å². The molecule has 0 fully saturated rings. The minimum absolute atomic E-state index is 0.169. The van der Waals surface area contributed by atoms with Crippen molar-refractivity contribution < 1.29 is 14.7 Å². The summed E-state index contributed by atoms with van der Waals surface area (Å²) in [5.41, 5.74) is 3.44. The van der Waals surface area contributed by atoms with Crippen LogP contribution in [0.25, 0.3) is 5.78 Å². The quantitative estimate of drug-likeness (QED) is 0.655. The SMILES string of the molecule is Cc1nc2ncnn2c(C)c1CCC(=O)N[C@@H](Cc1ccccc1)C(=O)O. The van der Waals surface area contributed by atoms with Crippen LogP contribution in [-0.2, 0) is 22.4 Å². The number of carboxylic acids is 1. The van der Waals surface area contributed by atoms with Gasteiger partial charge in [-0.15, -0.1) is 0 Å². The molecule has 8 heteroatoms. The van der Waals surface area contributed by atoms with Crippen molar-refractivity contribution in [2.24, 2.45) is 0 Å². The average molecular weight is 367 g/mol. The molecule has 0 aliphatic carbocycles. The molecule has 0 aliphatic rings. The van der Waals surface area contributed by atoms with Gasteiger partial charge in [-0.3, -0.25) is 4.79 Å². The molecule has 0 unspecified atom stereocenters. The Balaban J connectivity index is 1.65. The maximum absolute atomic E-state index is 12.3. The minimum Gasteiger partial charge on any atom is -0.480 e. The lowest BCUT2D eigenvalue weighted by molar-refractivity contribution is -0.141. The first-order valence-electron chi connectivity index (χ1n) is 8.67. The first-order valence-corrected chi connectivity index (χ1v) is 8.67. The number of aryl methyl sites for hydroxylation is 2. The van der Waals surface area contributed by atoms with Crippen molar-refractivity contribution in [2.45, 2.75) is 39.2 Å². The predicted octanol–water partition coefficient (Wildman–Crippen LogP) is 1.49. The first-order chi connectivity index (χ1) is 13.0. The Kier molecular flexibility index (Phi) is 5.44. The summed E-state index contributed by atoms with van der Waals surface area (Å²) in [6, 6.07) is 8.27. The van der Waals surface area contributed by atoms with E-state index in [9.17, 15) is 14.7 Å². The number of carboxylic acid groups (broad SMARTS) is 1. The Morgan fingerprint density at radius 2 is 1.96 bits per heavy atom. The van der Waals surface area contributed by atoms with Gasteiger partial charge in [0.15, 0.2) is 0 Å². The number of nitrogens with zero attached hydrogens (tertiary/aromatic N) is 4. The zero-order valence-corrected chi connectivity index (χ0v) is 15.2. The molecule has 3 rings (SSSR count). The number of aliphatic carboxylic acids is 1. The van der Waals surface area contributed by atoms with Gasteiger partial charge in [0.25, 0.3) is 5.78 Å². The highest BCUT2D eigenvalue weighted by molar-refractivity contribution is 5.83. The zero-order valence-electron chi connectivity index (χ0n) is 15.2. The van der Waals surface area contributed by atoms with E-state index in [2.05, 4.69) is 20.4 Å². The molecule has 3 aromatic rings. The number of rotatable bonds is 7. The molecule has 1 amide bonds. The Labute approximate surface area is 156 Å². The minimum atomic E-state index is -1.05. The number of benzene rings is 1. The summed E-state index contributed by atoms with van der Waals surface area (Å²) in [5.74, 6) is -0.840. The number of nitrogens with one attached hydrogen (secondary N) is 1. The van der Waals surface area contributed by atoms with E-state index in [0.717, 1.165) is 22.5 Å². The van der Waals surface area contributed by atoms with Crippen molar-refractivity contribution in [1.82, 2.24) is 24.9 Å². The van der Waals surface area contributed by atoms with Crippen LogP contribution in [0.15, 0.2) is 36.7 Å². The van der Waals surface area contributed by atoms with Crippen LogP contribution in [0.3, 0.4) is 0 Å². The monoisotopic (exact) mass is 367 g/mol. The van der Waals surface area contributed by atoms with Crippen LogP contribution in [0, 0.1) is 13.8 Å². The predicted molar refractivity (Wildman–Crippen MR) is 98.3 cm³/mol. The maximum atomic E-state index is 12.3. The van der Waals surface area contributed by atoms with Gasteiger partial charge in [-0.1, -0.05) is 30.3 Å². The third kappa shape index (κ3) is 4.28. The van der Waals surface area contributed by atoms with E-state index in [1.165, 1.54) is 6.33 Å². The van der Waals surface area contributed by atoms with E-state index >= 15 is 0 Å². The smallest absolute Gasteiger partial charge is 0.326 e. The molecule has 1 atom stereocenters. The van der Waals surface area contributed by atoms with Crippen molar-refractivity contribution in [2.75, 3.05) is 0 Å². The van der Waals surface area contributed by atoms with Gasteiger partial charge in [0.1, 0.15) is 12.4 Å². The molecule has 0 radical (unpaired) electrons. The fourth-order valence-corrected chi connectivity index (χ4v) is 3.07. The summed E-state index contributed by atoms with van der Waals surface area (Å²) in [5, 5.41) is 16.2. The summed E-state index contributed by atoms with van der Waals surface area (Å²) >= 11 is 0. The van der Waals surface area contributed by atoms with E-state index in [1.807, 2.05) is 44.2 Å². The third-order valence-electron chi connectivity index (χ3n) is 4.51. The summed E-state index contributed by atoms with van der Waals surface area (Å²) in [6.45, 7) is 3.77. The average Bonchev–Trinajstić information content (AvgIpc) is 3.10. The number of fused-ring (bicyclic) bond motifs is 1. The highest BCUT2D eigenvalue weighted by Crippen LogP contribution is 2.15. The van der Waals surface area contributed by atoms with Gasteiger partial charge in [-0.25, -0.2) is 14.3 Å². The van der Waals surface area contributed by atoms with Crippen LogP contribution >= 0.6 is 0 Å². The number of aromatic nitrogens is 4. The van der Waals surface area contributed by atoms with E-state index in [1.54, 1.807) is 4.52 Å². The van der Waals surface area contributed by atoms with Gasteiger partial charge in [0, 0.05) is 24.2 Å². The van der Waals surface area contributed by atoms with E-state index in [4.69, 9.17) is 0 Å². The van der Waals surface area contributed by atoms with Crippen LogP contribution in [0.4, 0.5) is 0 Å². The van der Waals surface area contributed by atoms with E-state index in [-0.39, 0.29) is 18.7 Å². The van der Waals surface area contributed by atoms with Crippen LogP contribution in [0.2, 0.25) is 0 Å². The lowest BCUT2D eigenvalue weighted by Gasteiger charge is -2.15. The second-order valence-electron chi connectivity index (χ2n) is 6.38. The zero-order chi connectivity index (χ0) is 19.4. The van der Waals surface area contributed by atoms with Crippen molar-refractivity contribution in [3.63, 3.8) is 0 Å². The van der Waals surface area contributed by atoms with Crippen molar-refractivity contribution in [3.05, 3.63) is 59.2 Å². The molecule has 2 heterocycles. The van der Waals surface area contributed by atoms with E-state index < -0.39 is 12.0 Å². The van der Waals surface area contributed by atoms with Gasteiger partial charge >= 0.3 is 5.97 Å². The lowest BCUT2D eigenvalue weighted by atomic mass is 10.0. The molecule has 1 aromatic carbocycles. The van der Waals surface area contributed by atoms with Gasteiger partial charge in [0.05, 0.1) is 0 Å². The summed E-state index contributed by atoms with van der Waals surface area (Å²) in [4.78, 5) is 32.3. The molecule has 27 heavy (non-hydrogen) atoms. The summed E-state index contributed by atoms with van der Waals surface area (Å²) < 4.78 is 1.63. The maximum Gasteiger partial charge on any atom is 0.326 e. The van der Waals surface area contributed by atoms with Crippen LogP contribution in [-0.4, -0.2) is 42.6 Å². The molecular weight excluding hydrogens is 346 g/mol. The Morgan fingerprint density at radius 1 is 1.22 bits per heavy atom. The Hall–Kier alpha value is -3.29. The highest BCUT2D eigenvalue weighted by Gasteiger charge is 2.21. The lowest BCUT2D eigenvalue weighted by Crippen LogP contribution is -2.42. The topological polar surface area (TPSA) is 109 Å². The Morgan fingerprint density at radius 3 is 2.67 bits per heavy atom. The fraction of sp³-hybridized carbons (Fsp3) is 0.316. The molecule has 0 aliphatic heterocycles. The second-order valence-corrected chi connectivity index (χ2v) is 6.38. The number of carbonyl (C=O) groups excluding carboxylic acids is 1. The first kappa shape index (κ1) is 18.5. The van der Waals surface area contributed by atoms with E-state index in [0.29, 0.717) is 12.2 Å². The van der Waals surface area contributed by atoms with Crippen LogP contribution in [0.1, 0.15) is 28.9 Å². The van der Waals surface area contributed by atoms with Crippen molar-refractivity contribution in [3.8, 4) is 0 Å². The molecule has 140 valence electrons. The Bertz CT molecular complexity index is 968. The van der Waals surface area contributed by atoms with Gasteiger partial charge in [0.2, 0.25) is 5.91 Å². The molecule has 8 nitrogen and oxygen atoms in total. The third-order valence-corrected chi connectivity index (χ3v) is 4.51. The molecule has 0 saturated heterocycles. The standard InChI is InChI=1S/C19H21N5O3/c1-12-15(13(2)24-19(22-12)20-11-21-24)8-9-17(25)23-16(18(26)27)10-14-6-4-3-5-7-14/h3-7,11,16H,8-10H2,1-2H3,(H,23,25)(H,26,27)/t16-/m0/s1.